The number of nitrogens with zero attached hydrogens (tertiary/aromatic N) is 1. The van der Waals surface area contributed by atoms with Gasteiger partial charge in [0.2, 0.25) is 0 Å². The van der Waals surface area contributed by atoms with Gasteiger partial charge in [-0.3, -0.25) is 0 Å². The van der Waals surface area contributed by atoms with E-state index in [-0.39, 0.29) is 23.3 Å². The highest BCUT2D eigenvalue weighted by Gasteiger charge is 2.36. The molecule has 0 radical (unpaired) electrons. The Hall–Kier alpha value is -2.56. The van der Waals surface area contributed by atoms with Crippen molar-refractivity contribution < 1.29 is 14.3 Å². The molecule has 0 saturated carbocycles. The Kier molecular flexibility index (Phi) is 6.15. The highest BCUT2D eigenvalue weighted by Crippen LogP contribution is 2.34. The van der Waals surface area contributed by atoms with Crippen LogP contribution in [0.25, 0.3) is 0 Å². The minimum Gasteiger partial charge on any atom is -0.530 e. The zero-order chi connectivity index (χ0) is 21.2. The summed E-state index contributed by atoms with van der Waals surface area (Å²) < 4.78 is 14.7. The van der Waals surface area contributed by atoms with Gasteiger partial charge in [0.05, 0.1) is 0 Å². The van der Waals surface area contributed by atoms with E-state index in [1.807, 2.05) is 58.0 Å². The molecule has 1 heterocycles. The molecular formula is C24H30FN2O2-. The van der Waals surface area contributed by atoms with Gasteiger partial charge in [-0.15, -0.1) is 0 Å². The summed E-state index contributed by atoms with van der Waals surface area (Å²) in [6.07, 6.45) is 0.726. The number of nitrogens with one attached hydrogen (secondary N) is 1. The maximum absolute atomic E-state index is 14.7. The van der Waals surface area contributed by atoms with Crippen LogP contribution in [0.1, 0.15) is 50.3 Å². The van der Waals surface area contributed by atoms with Crippen molar-refractivity contribution in [3.05, 3.63) is 65.0 Å². The van der Waals surface area contributed by atoms with E-state index in [9.17, 15) is 14.3 Å². The SMILES string of the molecule is Cc1ccc(Cc2c(F)cccc2NC2CCN(C(=O)[O-])C(C(C)(C)C)C2)cc1. The first kappa shape index (κ1) is 21.2. The fraction of sp³-hybridized carbons (Fsp3) is 0.458. The van der Waals surface area contributed by atoms with E-state index in [4.69, 9.17) is 0 Å². The summed E-state index contributed by atoms with van der Waals surface area (Å²) in [4.78, 5) is 13.0. The molecule has 0 spiro atoms. The third kappa shape index (κ3) is 5.08. The molecule has 0 bridgehead atoms. The number of carbonyl (C=O) groups excluding carboxylic acids is 1. The van der Waals surface area contributed by atoms with Crippen LogP contribution in [0.2, 0.25) is 0 Å². The molecule has 1 amide bonds. The standard InChI is InChI=1S/C24H31FN2O2/c1-16-8-10-17(11-9-16)14-19-20(25)6-5-7-21(19)26-18-12-13-27(23(28)29)22(15-18)24(2,3)4/h5-11,18,22,26H,12-15H2,1-4H3,(H,28,29)/p-1. The number of benzene rings is 2. The van der Waals surface area contributed by atoms with E-state index >= 15 is 0 Å². The summed E-state index contributed by atoms with van der Waals surface area (Å²) in [5, 5.41) is 15.1. The van der Waals surface area contributed by atoms with Gasteiger partial charge in [-0.1, -0.05) is 56.7 Å². The Balaban J connectivity index is 1.80. The maximum atomic E-state index is 14.7. The summed E-state index contributed by atoms with van der Waals surface area (Å²) >= 11 is 0. The normalized spacial score (nSPS) is 19.8. The molecule has 2 aromatic rings. The minimum atomic E-state index is -1.12. The molecule has 2 unspecified atom stereocenters. The fourth-order valence-electron chi connectivity index (χ4n) is 4.14. The van der Waals surface area contributed by atoms with Gasteiger partial charge in [0.15, 0.2) is 0 Å². The smallest absolute Gasteiger partial charge is 0.137 e. The van der Waals surface area contributed by atoms with E-state index in [1.165, 1.54) is 16.5 Å². The lowest BCUT2D eigenvalue weighted by atomic mass is 9.79. The maximum Gasteiger partial charge on any atom is 0.137 e. The van der Waals surface area contributed by atoms with Crippen molar-refractivity contribution in [3.63, 3.8) is 0 Å². The molecule has 29 heavy (non-hydrogen) atoms. The van der Waals surface area contributed by atoms with Crippen LogP contribution in [0.5, 0.6) is 0 Å². The number of carboxylic acid groups (broad SMARTS) is 1. The molecule has 1 aliphatic rings. The van der Waals surface area contributed by atoms with Crippen LogP contribution in [0.4, 0.5) is 14.9 Å². The van der Waals surface area contributed by atoms with Gasteiger partial charge in [0.1, 0.15) is 11.9 Å². The van der Waals surface area contributed by atoms with Gasteiger partial charge in [-0.05, 0) is 42.9 Å². The van der Waals surface area contributed by atoms with Crippen molar-refractivity contribution in [3.8, 4) is 0 Å². The predicted octanol–water partition coefficient (Wildman–Crippen LogP) is 4.36. The van der Waals surface area contributed by atoms with Crippen LogP contribution < -0.4 is 10.4 Å². The molecule has 3 rings (SSSR count). The number of piperidine rings is 1. The second-order valence-electron chi connectivity index (χ2n) is 9.14. The van der Waals surface area contributed by atoms with Crippen molar-refractivity contribution in [1.29, 1.82) is 0 Å². The van der Waals surface area contributed by atoms with Gasteiger partial charge in [-0.25, -0.2) is 4.39 Å². The van der Waals surface area contributed by atoms with Crippen molar-refractivity contribution >= 4 is 11.8 Å². The lowest BCUT2D eigenvalue weighted by Crippen LogP contribution is -2.57. The van der Waals surface area contributed by atoms with E-state index in [1.54, 1.807) is 6.07 Å². The minimum absolute atomic E-state index is 0.0772. The van der Waals surface area contributed by atoms with Crippen LogP contribution in [-0.2, 0) is 6.42 Å². The largest absolute Gasteiger partial charge is 0.530 e. The number of amides is 1. The third-order valence-corrected chi connectivity index (χ3v) is 5.82. The number of halogens is 1. The van der Waals surface area contributed by atoms with E-state index in [0.29, 0.717) is 31.4 Å². The highest BCUT2D eigenvalue weighted by molar-refractivity contribution is 5.63. The fourth-order valence-corrected chi connectivity index (χ4v) is 4.14. The molecule has 2 atom stereocenters. The van der Waals surface area contributed by atoms with Crippen LogP contribution in [0, 0.1) is 18.2 Å². The summed E-state index contributed by atoms with van der Waals surface area (Å²) in [5.41, 5.74) is 3.46. The first-order valence-corrected chi connectivity index (χ1v) is 10.2. The molecule has 1 aliphatic heterocycles. The number of hydrogen-bond acceptors (Lipinski definition) is 3. The molecule has 156 valence electrons. The Labute approximate surface area is 172 Å². The van der Waals surface area contributed by atoms with Crippen LogP contribution in [0.3, 0.4) is 0 Å². The van der Waals surface area contributed by atoms with Crippen LogP contribution in [-0.4, -0.2) is 29.6 Å². The van der Waals surface area contributed by atoms with Gasteiger partial charge < -0.3 is 20.1 Å². The van der Waals surface area contributed by atoms with Crippen LogP contribution >= 0.6 is 0 Å². The van der Waals surface area contributed by atoms with Crippen LogP contribution in [0.15, 0.2) is 42.5 Å². The Morgan fingerprint density at radius 2 is 1.90 bits per heavy atom. The predicted molar refractivity (Wildman–Crippen MR) is 112 cm³/mol. The van der Waals surface area contributed by atoms with E-state index in [0.717, 1.165) is 11.3 Å². The number of aryl methyl sites for hydroxylation is 1. The van der Waals surface area contributed by atoms with Crippen molar-refractivity contribution in [2.75, 3.05) is 11.9 Å². The lowest BCUT2D eigenvalue weighted by molar-refractivity contribution is -0.271. The first-order chi connectivity index (χ1) is 13.6. The molecule has 5 heteroatoms. The van der Waals surface area contributed by atoms with Crippen molar-refractivity contribution in [2.24, 2.45) is 5.41 Å². The second kappa shape index (κ2) is 8.44. The quantitative estimate of drug-likeness (QED) is 0.834. The summed E-state index contributed by atoms with van der Waals surface area (Å²) in [6, 6.07) is 13.2. The van der Waals surface area contributed by atoms with E-state index < -0.39 is 6.09 Å². The number of carbonyl (C=O) groups is 1. The Bertz CT molecular complexity index is 858. The molecule has 0 aromatic heterocycles. The molecule has 1 N–H and O–H groups in total. The van der Waals surface area contributed by atoms with Crippen molar-refractivity contribution in [1.82, 2.24) is 4.90 Å². The first-order valence-electron chi connectivity index (χ1n) is 10.2. The Morgan fingerprint density at radius 1 is 1.21 bits per heavy atom. The average Bonchev–Trinajstić information content (AvgIpc) is 2.65. The summed E-state index contributed by atoms with van der Waals surface area (Å²) in [7, 11) is 0. The molecule has 4 nitrogen and oxygen atoms in total. The monoisotopic (exact) mass is 397 g/mol. The molecule has 1 saturated heterocycles. The Morgan fingerprint density at radius 3 is 2.52 bits per heavy atom. The molecule has 0 aliphatic carbocycles. The average molecular weight is 398 g/mol. The zero-order valence-electron chi connectivity index (χ0n) is 17.7. The number of hydrogen-bond donors (Lipinski definition) is 1. The van der Waals surface area contributed by atoms with Gasteiger partial charge >= 0.3 is 0 Å². The molecule has 2 aromatic carbocycles. The topological polar surface area (TPSA) is 55.4 Å². The second-order valence-corrected chi connectivity index (χ2v) is 9.14. The number of rotatable bonds is 4. The zero-order valence-corrected chi connectivity index (χ0v) is 17.7. The third-order valence-electron chi connectivity index (χ3n) is 5.82. The highest BCUT2D eigenvalue weighted by atomic mass is 19.1. The lowest BCUT2D eigenvalue weighted by Gasteiger charge is -2.47. The molecular weight excluding hydrogens is 367 g/mol. The van der Waals surface area contributed by atoms with Gasteiger partial charge in [0.25, 0.3) is 0 Å². The van der Waals surface area contributed by atoms with Crippen molar-refractivity contribution in [2.45, 2.75) is 59.0 Å². The van der Waals surface area contributed by atoms with Gasteiger partial charge in [0, 0.05) is 36.3 Å². The number of anilines is 1. The number of likely N-dealkylation sites (tertiary alicyclic amines) is 1. The summed E-state index contributed by atoms with van der Waals surface area (Å²) in [5.74, 6) is -0.227. The van der Waals surface area contributed by atoms with E-state index in [2.05, 4.69) is 5.32 Å². The molecule has 1 fully saturated rings. The summed E-state index contributed by atoms with van der Waals surface area (Å²) in [6.45, 7) is 8.58. The van der Waals surface area contributed by atoms with Gasteiger partial charge in [-0.2, -0.15) is 0 Å².